The van der Waals surface area contributed by atoms with Gasteiger partial charge in [-0.25, -0.2) is 0 Å². The molecule has 0 aliphatic heterocycles. The molecule has 84 valence electrons. The van der Waals surface area contributed by atoms with Gasteiger partial charge >= 0.3 is 0 Å². The van der Waals surface area contributed by atoms with Crippen molar-refractivity contribution < 1.29 is 14.3 Å². The number of rotatable bonds is 6. The molecule has 0 saturated carbocycles. The van der Waals surface area contributed by atoms with Gasteiger partial charge in [0, 0.05) is 0 Å². The number of amides is 1. The molecule has 0 aromatic carbocycles. The molecule has 0 rings (SSSR count). The number of carbonyl (C=O) groups is 1. The highest BCUT2D eigenvalue weighted by molar-refractivity contribution is 5.74. The van der Waals surface area contributed by atoms with Crippen molar-refractivity contribution >= 4 is 5.91 Å². The largest absolute Gasteiger partial charge is 0.369 e. The summed E-state index contributed by atoms with van der Waals surface area (Å²) in [5.74, 6) is -1.96. The fraction of sp³-hybridized carbons (Fsp3) is 0.889. The van der Waals surface area contributed by atoms with Gasteiger partial charge in [-0.05, 0) is 27.7 Å². The molecule has 0 heterocycles. The van der Waals surface area contributed by atoms with Crippen molar-refractivity contribution in [3.05, 3.63) is 0 Å². The predicted molar refractivity (Wildman–Crippen MR) is 53.2 cm³/mol. The van der Waals surface area contributed by atoms with Crippen LogP contribution >= 0.6 is 0 Å². The van der Waals surface area contributed by atoms with E-state index < -0.39 is 11.8 Å². The molecule has 0 bridgehead atoms. The van der Waals surface area contributed by atoms with Gasteiger partial charge in [0.2, 0.25) is 11.8 Å². The lowest BCUT2D eigenvalue weighted by Crippen LogP contribution is -2.51. The topological polar surface area (TPSA) is 87.6 Å². The number of hydrogen-bond donors (Lipinski definition) is 2. The third-order valence-corrected chi connectivity index (χ3v) is 1.29. The van der Waals surface area contributed by atoms with E-state index in [0.717, 1.165) is 0 Å². The lowest BCUT2D eigenvalue weighted by atomic mass is 10.3. The summed E-state index contributed by atoms with van der Waals surface area (Å²) in [5, 5.41) is 0. The number of hydrogen-bond acceptors (Lipinski definition) is 4. The summed E-state index contributed by atoms with van der Waals surface area (Å²) < 4.78 is 10.6. The molecule has 0 unspecified atom stereocenters. The highest BCUT2D eigenvalue weighted by Crippen LogP contribution is 2.15. The molecular weight excluding hydrogens is 184 g/mol. The van der Waals surface area contributed by atoms with Crippen LogP contribution in [0.1, 0.15) is 34.1 Å². The smallest absolute Gasteiger partial charge is 0.234 e. The summed E-state index contributed by atoms with van der Waals surface area (Å²) in [6, 6.07) is 0. The van der Waals surface area contributed by atoms with Crippen LogP contribution in [0.4, 0.5) is 0 Å². The maximum Gasteiger partial charge on any atom is 0.234 e. The molecule has 5 heteroatoms. The molecule has 0 saturated heterocycles. The number of ether oxygens (including phenoxy) is 2. The average Bonchev–Trinajstić information content (AvgIpc) is 1.76. The molecule has 0 aromatic rings. The van der Waals surface area contributed by atoms with Crippen LogP contribution in [0.3, 0.4) is 0 Å². The Morgan fingerprint density at radius 3 is 1.79 bits per heavy atom. The lowest BCUT2D eigenvalue weighted by Gasteiger charge is -2.32. The fourth-order valence-corrected chi connectivity index (χ4v) is 1.15. The zero-order chi connectivity index (χ0) is 11.4. The maximum atomic E-state index is 10.8. The van der Waals surface area contributed by atoms with Crippen LogP contribution in [0.15, 0.2) is 0 Å². The second-order valence-corrected chi connectivity index (χ2v) is 3.79. The summed E-state index contributed by atoms with van der Waals surface area (Å²) in [5.41, 5.74) is 10.8. The van der Waals surface area contributed by atoms with Crippen molar-refractivity contribution in [2.45, 2.75) is 52.2 Å². The van der Waals surface area contributed by atoms with Crippen LogP contribution in [0, 0.1) is 0 Å². The van der Waals surface area contributed by atoms with Crippen molar-refractivity contribution in [2.24, 2.45) is 11.5 Å². The molecule has 0 radical (unpaired) electrons. The third kappa shape index (κ3) is 5.90. The minimum atomic E-state index is -1.41. The molecular formula is C9H20N2O3. The van der Waals surface area contributed by atoms with Gasteiger partial charge in [-0.2, -0.15) is 0 Å². The van der Waals surface area contributed by atoms with Crippen molar-refractivity contribution in [1.82, 2.24) is 0 Å². The van der Waals surface area contributed by atoms with Crippen molar-refractivity contribution in [2.75, 3.05) is 0 Å². The van der Waals surface area contributed by atoms with E-state index in [0.29, 0.717) is 0 Å². The van der Waals surface area contributed by atoms with Crippen LogP contribution in [-0.4, -0.2) is 24.0 Å². The van der Waals surface area contributed by atoms with Gasteiger partial charge in [0.15, 0.2) is 0 Å². The third-order valence-electron chi connectivity index (χ3n) is 1.29. The second-order valence-electron chi connectivity index (χ2n) is 3.79. The monoisotopic (exact) mass is 204 g/mol. The molecule has 0 spiro atoms. The zero-order valence-electron chi connectivity index (χ0n) is 9.24. The summed E-state index contributed by atoms with van der Waals surface area (Å²) >= 11 is 0. The molecule has 0 aromatic heterocycles. The second kappa shape index (κ2) is 5.29. The van der Waals surface area contributed by atoms with Crippen molar-refractivity contribution in [1.29, 1.82) is 0 Å². The van der Waals surface area contributed by atoms with Crippen LogP contribution in [0.25, 0.3) is 0 Å². The van der Waals surface area contributed by atoms with E-state index in [-0.39, 0.29) is 18.6 Å². The molecule has 0 fully saturated rings. The molecule has 4 N–H and O–H groups in total. The summed E-state index contributed by atoms with van der Waals surface area (Å²) in [7, 11) is 0. The van der Waals surface area contributed by atoms with E-state index in [1.165, 1.54) is 0 Å². The lowest BCUT2D eigenvalue weighted by molar-refractivity contribution is -0.265. The minimum absolute atomic E-state index is 0.127. The highest BCUT2D eigenvalue weighted by atomic mass is 16.7. The summed E-state index contributed by atoms with van der Waals surface area (Å²) in [6.07, 6.45) is -0.403. The van der Waals surface area contributed by atoms with E-state index in [1.807, 2.05) is 27.7 Å². The van der Waals surface area contributed by atoms with Gasteiger partial charge < -0.3 is 15.2 Å². The fourth-order valence-electron chi connectivity index (χ4n) is 1.15. The van der Waals surface area contributed by atoms with Gasteiger partial charge in [0.25, 0.3) is 0 Å². The van der Waals surface area contributed by atoms with Gasteiger partial charge in [0.1, 0.15) is 0 Å². The SMILES string of the molecule is CC(C)OC(N)(CC(N)=O)OC(C)C. The molecule has 1 amide bonds. The van der Waals surface area contributed by atoms with E-state index >= 15 is 0 Å². The highest BCUT2D eigenvalue weighted by Gasteiger charge is 2.31. The van der Waals surface area contributed by atoms with Gasteiger partial charge in [-0.15, -0.1) is 0 Å². The normalized spacial score (nSPS) is 12.5. The van der Waals surface area contributed by atoms with Crippen LogP contribution in [-0.2, 0) is 14.3 Å². The first-order valence-electron chi connectivity index (χ1n) is 4.68. The summed E-state index contributed by atoms with van der Waals surface area (Å²) in [4.78, 5) is 10.8. The molecule has 0 aliphatic carbocycles. The molecule has 0 atom stereocenters. The van der Waals surface area contributed by atoms with Crippen molar-refractivity contribution in [3.63, 3.8) is 0 Å². The van der Waals surface area contributed by atoms with Gasteiger partial charge in [-0.3, -0.25) is 10.5 Å². The Balaban J connectivity index is 4.40. The first-order valence-corrected chi connectivity index (χ1v) is 4.68. The summed E-state index contributed by atoms with van der Waals surface area (Å²) in [6.45, 7) is 7.25. The van der Waals surface area contributed by atoms with E-state index in [2.05, 4.69) is 0 Å². The average molecular weight is 204 g/mol. The van der Waals surface area contributed by atoms with Gasteiger partial charge in [-0.1, -0.05) is 0 Å². The molecule has 5 nitrogen and oxygen atoms in total. The van der Waals surface area contributed by atoms with Crippen LogP contribution < -0.4 is 11.5 Å². The first kappa shape index (κ1) is 13.4. The maximum absolute atomic E-state index is 10.8. The van der Waals surface area contributed by atoms with E-state index in [4.69, 9.17) is 20.9 Å². The minimum Gasteiger partial charge on any atom is -0.369 e. The van der Waals surface area contributed by atoms with Crippen molar-refractivity contribution in [3.8, 4) is 0 Å². The Morgan fingerprint density at radius 1 is 1.21 bits per heavy atom. The molecule has 14 heavy (non-hydrogen) atoms. The standard InChI is InChI=1S/C9H20N2O3/c1-6(2)13-9(11,5-8(10)12)14-7(3)4/h6-7H,5,11H2,1-4H3,(H2,10,12). The van der Waals surface area contributed by atoms with Crippen LogP contribution in [0.2, 0.25) is 0 Å². The Labute approximate surface area is 84.7 Å². The van der Waals surface area contributed by atoms with Crippen LogP contribution in [0.5, 0.6) is 0 Å². The zero-order valence-corrected chi connectivity index (χ0v) is 9.24. The van der Waals surface area contributed by atoms with E-state index in [1.54, 1.807) is 0 Å². The quantitative estimate of drug-likeness (QED) is 0.610. The predicted octanol–water partition coefficient (Wildman–Crippen LogP) is 0.324. The van der Waals surface area contributed by atoms with Gasteiger partial charge in [0.05, 0.1) is 18.6 Å². The number of nitrogens with two attached hydrogens (primary N) is 2. The Morgan fingerprint density at radius 2 is 1.57 bits per heavy atom. The first-order chi connectivity index (χ1) is 6.25. The number of carbonyl (C=O) groups excluding carboxylic acids is 1. The Hall–Kier alpha value is -0.650. The Bertz CT molecular complexity index is 182. The van der Waals surface area contributed by atoms with E-state index in [9.17, 15) is 4.79 Å². The number of primary amides is 1. The Kier molecular flexibility index (Phi) is 5.04. The molecule has 0 aliphatic rings.